The SMILES string of the molecule is CC[C@H]1COc2ccccc2CN1Cc1cccc(-c2cccc(-n3ncc(C(=O)O)c3[C@@H]3C[C@H]3c3cn(C)nn3)c2)c1. The second kappa shape index (κ2) is 11.1. The second-order valence-electron chi connectivity index (χ2n) is 11.6. The summed E-state index contributed by atoms with van der Waals surface area (Å²) in [7, 11) is 1.84. The van der Waals surface area contributed by atoms with Gasteiger partial charge < -0.3 is 9.84 Å². The first kappa shape index (κ1) is 27.1. The maximum atomic E-state index is 12.2. The molecule has 7 rings (SSSR count). The molecule has 0 spiro atoms. The van der Waals surface area contributed by atoms with Gasteiger partial charge in [-0.3, -0.25) is 9.58 Å². The minimum atomic E-state index is -0.971. The van der Waals surface area contributed by atoms with E-state index in [1.807, 2.05) is 31.4 Å². The molecule has 0 radical (unpaired) electrons. The van der Waals surface area contributed by atoms with Gasteiger partial charge in [0, 0.05) is 49.8 Å². The number of para-hydroxylation sites is 1. The van der Waals surface area contributed by atoms with Gasteiger partial charge in [-0.2, -0.15) is 5.10 Å². The summed E-state index contributed by atoms with van der Waals surface area (Å²) in [5.41, 5.74) is 7.27. The van der Waals surface area contributed by atoms with Gasteiger partial charge in [0.25, 0.3) is 0 Å². The number of fused-ring (bicyclic) bond motifs is 1. The van der Waals surface area contributed by atoms with E-state index in [0.717, 1.165) is 54.2 Å². The predicted molar refractivity (Wildman–Crippen MR) is 162 cm³/mol. The summed E-state index contributed by atoms with van der Waals surface area (Å²) in [4.78, 5) is 14.7. The molecule has 0 bridgehead atoms. The fourth-order valence-electron chi connectivity index (χ4n) is 6.32. The number of aromatic carboxylic acids is 1. The number of rotatable bonds is 8. The number of carbonyl (C=O) groups is 1. The Labute approximate surface area is 250 Å². The van der Waals surface area contributed by atoms with Crippen LogP contribution in [0.2, 0.25) is 0 Å². The molecule has 1 saturated carbocycles. The van der Waals surface area contributed by atoms with Crippen LogP contribution >= 0.6 is 0 Å². The Hall–Kier alpha value is -4.76. The topological polar surface area (TPSA) is 98.3 Å². The molecule has 1 aliphatic carbocycles. The normalized spacial score (nSPS) is 19.8. The number of benzene rings is 3. The summed E-state index contributed by atoms with van der Waals surface area (Å²) in [5.74, 6) is 0.158. The number of hydrogen-bond acceptors (Lipinski definition) is 6. The molecule has 2 aromatic heterocycles. The van der Waals surface area contributed by atoms with E-state index in [-0.39, 0.29) is 17.4 Å². The highest BCUT2D eigenvalue weighted by atomic mass is 16.5. The van der Waals surface area contributed by atoms with Crippen molar-refractivity contribution in [3.05, 3.63) is 113 Å². The lowest BCUT2D eigenvalue weighted by Crippen LogP contribution is -2.36. The van der Waals surface area contributed by atoms with Crippen LogP contribution in [0.3, 0.4) is 0 Å². The van der Waals surface area contributed by atoms with E-state index in [4.69, 9.17) is 4.74 Å². The molecule has 1 N–H and O–H groups in total. The fourth-order valence-corrected chi connectivity index (χ4v) is 6.32. The van der Waals surface area contributed by atoms with E-state index < -0.39 is 5.97 Å². The van der Waals surface area contributed by atoms with Crippen molar-refractivity contribution in [2.24, 2.45) is 7.05 Å². The Morgan fingerprint density at radius 2 is 1.84 bits per heavy atom. The van der Waals surface area contributed by atoms with Crippen molar-refractivity contribution in [2.75, 3.05) is 6.61 Å². The van der Waals surface area contributed by atoms with Gasteiger partial charge in [-0.05, 0) is 53.8 Å². The Morgan fingerprint density at radius 3 is 2.63 bits per heavy atom. The smallest absolute Gasteiger partial charge is 0.339 e. The average Bonchev–Trinajstić information content (AvgIpc) is 3.54. The highest BCUT2D eigenvalue weighted by Gasteiger charge is 2.46. The Bertz CT molecular complexity index is 1790. The quantitative estimate of drug-likeness (QED) is 0.250. The molecule has 218 valence electrons. The zero-order valence-corrected chi connectivity index (χ0v) is 24.3. The van der Waals surface area contributed by atoms with Crippen molar-refractivity contribution in [2.45, 2.75) is 50.7 Å². The minimum absolute atomic E-state index is 0.0199. The van der Waals surface area contributed by atoms with Gasteiger partial charge in [0.05, 0.1) is 23.3 Å². The average molecular weight is 575 g/mol. The molecule has 3 aromatic carbocycles. The van der Waals surface area contributed by atoms with Crippen LogP contribution in [-0.2, 0) is 20.1 Å². The summed E-state index contributed by atoms with van der Waals surface area (Å²) in [5, 5.41) is 22.9. The number of hydrogen-bond donors (Lipinski definition) is 1. The summed E-state index contributed by atoms with van der Waals surface area (Å²) in [6.45, 7) is 4.56. The standard InChI is InChI=1S/C34H34N6O3/c1-3-26-21-43-32-13-5-4-9-25(32)19-39(26)18-22-8-6-10-23(14-22)24-11-7-12-27(15-24)40-33(30(17-35-40)34(41)42)29-16-28(29)31-20-38(2)37-36-31/h4-15,17,20,26,28-29H,3,16,18-19,21H2,1-2H3,(H,41,42)/t26-,28+,29+/m0/s1. The Kier molecular flexibility index (Phi) is 7.02. The zero-order chi connectivity index (χ0) is 29.5. The van der Waals surface area contributed by atoms with Gasteiger partial charge in [0.15, 0.2) is 0 Å². The van der Waals surface area contributed by atoms with Gasteiger partial charge in [-0.1, -0.05) is 60.7 Å². The van der Waals surface area contributed by atoms with Crippen LogP contribution in [0.1, 0.15) is 64.5 Å². The third-order valence-corrected chi connectivity index (χ3v) is 8.68. The van der Waals surface area contributed by atoms with Crippen molar-refractivity contribution in [1.82, 2.24) is 29.7 Å². The van der Waals surface area contributed by atoms with Crippen LogP contribution in [0.25, 0.3) is 16.8 Å². The monoisotopic (exact) mass is 574 g/mol. The van der Waals surface area contributed by atoms with Crippen LogP contribution in [0.5, 0.6) is 5.75 Å². The molecule has 1 aliphatic heterocycles. The molecular weight excluding hydrogens is 540 g/mol. The third-order valence-electron chi connectivity index (χ3n) is 8.68. The molecule has 5 aromatic rings. The summed E-state index contributed by atoms with van der Waals surface area (Å²) >= 11 is 0. The molecule has 0 unspecified atom stereocenters. The summed E-state index contributed by atoms with van der Waals surface area (Å²) in [6, 6.07) is 25.5. The molecule has 1 fully saturated rings. The maximum absolute atomic E-state index is 12.2. The highest BCUT2D eigenvalue weighted by molar-refractivity contribution is 5.89. The van der Waals surface area contributed by atoms with Crippen molar-refractivity contribution in [3.63, 3.8) is 0 Å². The molecular formula is C34H34N6O3. The molecule has 3 heterocycles. The van der Waals surface area contributed by atoms with Crippen LogP contribution < -0.4 is 4.74 Å². The number of aromatic nitrogens is 5. The molecule has 2 aliphatic rings. The lowest BCUT2D eigenvalue weighted by atomic mass is 10.0. The highest BCUT2D eigenvalue weighted by Crippen LogP contribution is 2.55. The first-order chi connectivity index (χ1) is 21.0. The van der Waals surface area contributed by atoms with Crippen molar-refractivity contribution < 1.29 is 14.6 Å². The molecule has 9 nitrogen and oxygen atoms in total. The van der Waals surface area contributed by atoms with Crippen molar-refractivity contribution >= 4 is 5.97 Å². The van der Waals surface area contributed by atoms with E-state index in [1.165, 1.54) is 17.3 Å². The first-order valence-corrected chi connectivity index (χ1v) is 14.8. The Morgan fingerprint density at radius 1 is 1.02 bits per heavy atom. The summed E-state index contributed by atoms with van der Waals surface area (Å²) < 4.78 is 9.62. The van der Waals surface area contributed by atoms with E-state index >= 15 is 0 Å². The van der Waals surface area contributed by atoms with Gasteiger partial charge >= 0.3 is 5.97 Å². The Balaban J connectivity index is 1.17. The number of carboxylic acid groups (broad SMARTS) is 1. The fraction of sp³-hybridized carbons (Fsp3) is 0.294. The van der Waals surface area contributed by atoms with E-state index in [1.54, 1.807) is 9.36 Å². The largest absolute Gasteiger partial charge is 0.492 e. The van der Waals surface area contributed by atoms with Gasteiger partial charge in [0.1, 0.15) is 17.9 Å². The number of ether oxygens (including phenoxy) is 1. The van der Waals surface area contributed by atoms with Crippen LogP contribution in [0, 0.1) is 0 Å². The predicted octanol–water partition coefficient (Wildman–Crippen LogP) is 5.81. The first-order valence-electron chi connectivity index (χ1n) is 14.8. The van der Waals surface area contributed by atoms with Crippen LogP contribution in [0.4, 0.5) is 0 Å². The minimum Gasteiger partial charge on any atom is -0.492 e. The second-order valence-corrected chi connectivity index (χ2v) is 11.6. The van der Waals surface area contributed by atoms with Gasteiger partial charge in [-0.15, -0.1) is 5.10 Å². The maximum Gasteiger partial charge on any atom is 0.339 e. The zero-order valence-electron chi connectivity index (χ0n) is 24.3. The number of nitrogens with zero attached hydrogens (tertiary/aromatic N) is 6. The molecule has 43 heavy (non-hydrogen) atoms. The number of aryl methyl sites for hydroxylation is 1. The molecule has 0 amide bonds. The lowest BCUT2D eigenvalue weighted by molar-refractivity contribution is 0.0695. The lowest BCUT2D eigenvalue weighted by Gasteiger charge is -2.28. The molecule has 0 saturated heterocycles. The van der Waals surface area contributed by atoms with E-state index in [2.05, 4.69) is 81.8 Å². The molecule has 3 atom stereocenters. The van der Waals surface area contributed by atoms with Crippen molar-refractivity contribution in [3.8, 4) is 22.6 Å². The third kappa shape index (κ3) is 5.32. The summed E-state index contributed by atoms with van der Waals surface area (Å²) in [6.07, 6.45) is 5.19. The number of carboxylic acids is 1. The van der Waals surface area contributed by atoms with Gasteiger partial charge in [-0.25, -0.2) is 9.48 Å². The molecule has 9 heteroatoms. The van der Waals surface area contributed by atoms with Gasteiger partial charge in [0.2, 0.25) is 0 Å². The van der Waals surface area contributed by atoms with Crippen LogP contribution in [-0.4, -0.2) is 53.4 Å². The van der Waals surface area contributed by atoms with E-state index in [9.17, 15) is 9.90 Å². The van der Waals surface area contributed by atoms with Crippen molar-refractivity contribution in [1.29, 1.82) is 0 Å². The van der Waals surface area contributed by atoms with E-state index in [0.29, 0.717) is 18.3 Å². The van der Waals surface area contributed by atoms with Crippen LogP contribution in [0.15, 0.2) is 85.2 Å².